The van der Waals surface area contributed by atoms with Gasteiger partial charge in [0.05, 0.1) is 6.33 Å². The highest BCUT2D eigenvalue weighted by molar-refractivity contribution is 7.19. The van der Waals surface area contributed by atoms with Gasteiger partial charge in [0, 0.05) is 21.2 Å². The number of piperidine rings is 1. The number of rotatable bonds is 3. The minimum absolute atomic E-state index is 0.622. The van der Waals surface area contributed by atoms with E-state index in [9.17, 15) is 4.39 Å². The molecule has 0 aliphatic carbocycles. The predicted octanol–water partition coefficient (Wildman–Crippen LogP) is 8.06. The molecule has 2 aliphatic rings. The highest BCUT2D eigenvalue weighted by atomic mass is 32.1. The fraction of sp³-hybridized carbons (Fsp3) is 0.310. The number of benzene rings is 3. The van der Waals surface area contributed by atoms with Gasteiger partial charge in [-0.2, -0.15) is 0 Å². The summed E-state index contributed by atoms with van der Waals surface area (Å²) >= 11 is 1.90. The smallest absolute Gasteiger partial charge is 0.0951 e. The van der Waals surface area contributed by atoms with Crippen LogP contribution in [0.25, 0.3) is 26.4 Å². The van der Waals surface area contributed by atoms with Gasteiger partial charge >= 0.3 is 0 Å². The Morgan fingerprint density at radius 2 is 1.78 bits per heavy atom. The van der Waals surface area contributed by atoms with Gasteiger partial charge in [0.15, 0.2) is 0 Å². The lowest BCUT2D eigenvalue weighted by Gasteiger charge is -2.35. The molecule has 2 saturated heterocycles. The SMILES string of the molecule is Cc1sc2ccc(C(=CF)c3ccc4ccccc4c3)cc2c1C1CCN2CCCC2C1. The van der Waals surface area contributed by atoms with E-state index < -0.39 is 0 Å². The lowest BCUT2D eigenvalue weighted by Crippen LogP contribution is -2.37. The molecule has 2 atom stereocenters. The maximum absolute atomic E-state index is 14.3. The maximum atomic E-state index is 14.3. The summed E-state index contributed by atoms with van der Waals surface area (Å²) < 4.78 is 15.6. The molecule has 2 aliphatic heterocycles. The first-order valence-corrected chi connectivity index (χ1v) is 12.6. The van der Waals surface area contributed by atoms with Gasteiger partial charge < -0.3 is 4.90 Å². The first-order valence-electron chi connectivity index (χ1n) is 11.8. The fourth-order valence-corrected chi connectivity index (χ4v) is 7.18. The summed E-state index contributed by atoms with van der Waals surface area (Å²) in [5.41, 5.74) is 4.08. The molecular formula is C29H28FNS. The quantitative estimate of drug-likeness (QED) is 0.311. The van der Waals surface area contributed by atoms with Gasteiger partial charge in [-0.3, -0.25) is 0 Å². The lowest BCUT2D eigenvalue weighted by molar-refractivity contribution is 0.181. The van der Waals surface area contributed by atoms with Crippen molar-refractivity contribution in [2.45, 2.75) is 44.6 Å². The van der Waals surface area contributed by atoms with Crippen molar-refractivity contribution in [1.29, 1.82) is 0 Å². The Labute approximate surface area is 193 Å². The number of thiophene rings is 1. The van der Waals surface area contributed by atoms with E-state index in [0.717, 1.165) is 28.9 Å². The Hall–Kier alpha value is -2.49. The van der Waals surface area contributed by atoms with Crippen molar-refractivity contribution in [3.8, 4) is 0 Å². The van der Waals surface area contributed by atoms with Crippen molar-refractivity contribution in [2.24, 2.45) is 0 Å². The summed E-state index contributed by atoms with van der Waals surface area (Å²) in [5, 5.41) is 3.65. The van der Waals surface area contributed by atoms with E-state index >= 15 is 0 Å². The predicted molar refractivity (Wildman–Crippen MR) is 135 cm³/mol. The third-order valence-electron chi connectivity index (χ3n) is 7.62. The third kappa shape index (κ3) is 3.39. The molecule has 0 N–H and O–H groups in total. The van der Waals surface area contributed by atoms with Crippen molar-refractivity contribution in [1.82, 2.24) is 4.90 Å². The molecule has 3 heterocycles. The molecule has 0 saturated carbocycles. The van der Waals surface area contributed by atoms with Crippen LogP contribution in [-0.4, -0.2) is 24.0 Å². The van der Waals surface area contributed by atoms with Crippen molar-refractivity contribution in [3.63, 3.8) is 0 Å². The van der Waals surface area contributed by atoms with Crippen molar-refractivity contribution in [2.75, 3.05) is 13.1 Å². The molecule has 6 rings (SSSR count). The number of aryl methyl sites for hydroxylation is 1. The van der Waals surface area contributed by atoms with Gasteiger partial charge in [0.1, 0.15) is 0 Å². The summed E-state index contributed by atoms with van der Waals surface area (Å²) in [6, 6.07) is 21.8. The van der Waals surface area contributed by atoms with Crippen molar-refractivity contribution < 1.29 is 4.39 Å². The number of nitrogens with zero attached hydrogens (tertiary/aromatic N) is 1. The van der Waals surface area contributed by atoms with Crippen LogP contribution in [-0.2, 0) is 0 Å². The van der Waals surface area contributed by atoms with E-state index in [4.69, 9.17) is 0 Å². The van der Waals surface area contributed by atoms with E-state index in [-0.39, 0.29) is 0 Å². The molecule has 1 aromatic heterocycles. The number of halogens is 1. The second-order valence-corrected chi connectivity index (χ2v) is 10.7. The number of fused-ring (bicyclic) bond motifs is 3. The topological polar surface area (TPSA) is 3.24 Å². The molecule has 2 fully saturated rings. The van der Waals surface area contributed by atoms with Gasteiger partial charge in [-0.1, -0.05) is 42.5 Å². The van der Waals surface area contributed by atoms with Crippen LogP contribution in [0.1, 0.15) is 53.2 Å². The van der Waals surface area contributed by atoms with Gasteiger partial charge in [-0.05, 0) is 103 Å². The second-order valence-electron chi connectivity index (χ2n) is 9.42. The van der Waals surface area contributed by atoms with Crippen LogP contribution in [0.15, 0.2) is 67.0 Å². The molecule has 162 valence electrons. The number of hydrogen-bond donors (Lipinski definition) is 0. The van der Waals surface area contributed by atoms with E-state index in [1.807, 2.05) is 29.5 Å². The van der Waals surface area contributed by atoms with Crippen LogP contribution in [0, 0.1) is 6.92 Å². The third-order valence-corrected chi connectivity index (χ3v) is 8.72. The van der Waals surface area contributed by atoms with Crippen molar-refractivity contribution in [3.05, 3.63) is 88.6 Å². The molecule has 0 spiro atoms. The van der Waals surface area contributed by atoms with Crippen LogP contribution in [0.5, 0.6) is 0 Å². The Bertz CT molecular complexity index is 1330. The standard InChI is InChI=1S/C29H28FNS/c1-19-29(24-12-14-31-13-4-7-25(31)16-24)26-17-23(10-11-28(26)32-19)27(18-30)22-9-8-20-5-2-3-6-21(20)15-22/h2-3,5-6,8-11,15,17-18,24-25H,4,7,12-14,16H2,1H3. The minimum atomic E-state index is 0.622. The molecule has 0 radical (unpaired) electrons. The Balaban J connectivity index is 1.41. The normalized spacial score (nSPS) is 22.0. The van der Waals surface area contributed by atoms with E-state index in [0.29, 0.717) is 11.5 Å². The summed E-state index contributed by atoms with van der Waals surface area (Å²) in [6.07, 6.45) is 5.99. The van der Waals surface area contributed by atoms with Gasteiger partial charge in [0.25, 0.3) is 0 Å². The lowest BCUT2D eigenvalue weighted by atomic mass is 9.83. The first-order chi connectivity index (χ1) is 15.7. The zero-order valence-electron chi connectivity index (χ0n) is 18.5. The minimum Gasteiger partial charge on any atom is -0.300 e. The molecule has 4 aromatic rings. The molecule has 2 unspecified atom stereocenters. The summed E-state index contributed by atoms with van der Waals surface area (Å²) in [7, 11) is 0. The average Bonchev–Trinajstić information content (AvgIpc) is 3.42. The van der Waals surface area contributed by atoms with Gasteiger partial charge in [0.2, 0.25) is 0 Å². The highest BCUT2D eigenvalue weighted by Crippen LogP contribution is 2.44. The maximum Gasteiger partial charge on any atom is 0.0951 e. The highest BCUT2D eigenvalue weighted by Gasteiger charge is 2.34. The van der Waals surface area contributed by atoms with E-state index in [1.54, 1.807) is 0 Å². The zero-order chi connectivity index (χ0) is 21.7. The molecule has 3 aromatic carbocycles. The Morgan fingerprint density at radius 3 is 2.66 bits per heavy atom. The number of hydrogen-bond acceptors (Lipinski definition) is 2. The summed E-state index contributed by atoms with van der Waals surface area (Å²) in [6.45, 7) is 4.77. The van der Waals surface area contributed by atoms with Gasteiger partial charge in [-0.15, -0.1) is 11.3 Å². The zero-order valence-corrected chi connectivity index (χ0v) is 19.3. The molecule has 0 amide bonds. The fourth-order valence-electron chi connectivity index (χ4n) is 6.05. The second kappa shape index (κ2) is 8.13. The van der Waals surface area contributed by atoms with Crippen molar-refractivity contribution >= 4 is 37.8 Å². The summed E-state index contributed by atoms with van der Waals surface area (Å²) in [5.74, 6) is 0.622. The van der Waals surface area contributed by atoms with Crippen LogP contribution in [0.4, 0.5) is 4.39 Å². The molecule has 0 bridgehead atoms. The Kier molecular flexibility index (Phi) is 5.12. The summed E-state index contributed by atoms with van der Waals surface area (Å²) in [4.78, 5) is 4.13. The monoisotopic (exact) mass is 441 g/mol. The van der Waals surface area contributed by atoms with Gasteiger partial charge in [-0.25, -0.2) is 4.39 Å². The van der Waals surface area contributed by atoms with E-state index in [2.05, 4.69) is 54.3 Å². The Morgan fingerprint density at radius 1 is 0.969 bits per heavy atom. The molecule has 3 heteroatoms. The van der Waals surface area contributed by atoms with Crippen LogP contribution in [0.3, 0.4) is 0 Å². The first kappa shape index (κ1) is 20.1. The van der Waals surface area contributed by atoms with Crippen LogP contribution in [0.2, 0.25) is 0 Å². The largest absolute Gasteiger partial charge is 0.300 e. The van der Waals surface area contributed by atoms with E-state index in [1.165, 1.54) is 64.7 Å². The molecule has 32 heavy (non-hydrogen) atoms. The van der Waals surface area contributed by atoms with Crippen LogP contribution >= 0.6 is 11.3 Å². The van der Waals surface area contributed by atoms with Crippen LogP contribution < -0.4 is 0 Å². The average molecular weight is 442 g/mol. The molecule has 1 nitrogen and oxygen atoms in total. The molecular weight excluding hydrogens is 413 g/mol.